The first kappa shape index (κ1) is 13.4. The zero-order chi connectivity index (χ0) is 13.1. The van der Waals surface area contributed by atoms with E-state index in [-0.39, 0.29) is 0 Å². The molecule has 18 heavy (non-hydrogen) atoms. The van der Waals surface area contributed by atoms with Crippen molar-refractivity contribution in [3.05, 3.63) is 29.8 Å². The van der Waals surface area contributed by atoms with Crippen molar-refractivity contribution < 1.29 is 5.11 Å². The van der Waals surface area contributed by atoms with E-state index in [1.807, 2.05) is 24.3 Å². The molecule has 0 spiro atoms. The lowest BCUT2D eigenvalue weighted by Crippen LogP contribution is -2.27. The standard InChI is InChI=1S/C15H24N2O/c1-11(2)13-7-8-17(9-13)10-15(18)12-3-5-14(16)6-4-12/h3-6,11,13,15,18H,7-10,16H2,1-2H3. The van der Waals surface area contributed by atoms with Gasteiger partial charge in [0.05, 0.1) is 6.10 Å². The summed E-state index contributed by atoms with van der Waals surface area (Å²) in [6.07, 6.45) is 0.850. The number of aliphatic hydroxyl groups excluding tert-OH is 1. The van der Waals surface area contributed by atoms with Crippen LogP contribution in [0.1, 0.15) is 31.9 Å². The molecule has 1 aromatic rings. The van der Waals surface area contributed by atoms with E-state index < -0.39 is 6.10 Å². The van der Waals surface area contributed by atoms with E-state index in [1.165, 1.54) is 6.42 Å². The van der Waals surface area contributed by atoms with Crippen LogP contribution in [0.2, 0.25) is 0 Å². The van der Waals surface area contributed by atoms with Crippen molar-refractivity contribution in [3.8, 4) is 0 Å². The van der Waals surface area contributed by atoms with Crippen LogP contribution < -0.4 is 5.73 Å². The molecule has 0 bridgehead atoms. The fourth-order valence-electron chi connectivity index (χ4n) is 2.64. The molecule has 100 valence electrons. The number of benzene rings is 1. The lowest BCUT2D eigenvalue weighted by atomic mass is 9.95. The van der Waals surface area contributed by atoms with Crippen molar-refractivity contribution in [3.63, 3.8) is 0 Å². The van der Waals surface area contributed by atoms with Gasteiger partial charge in [0, 0.05) is 18.8 Å². The summed E-state index contributed by atoms with van der Waals surface area (Å²) in [6.45, 7) is 7.51. The molecule has 1 fully saturated rings. The predicted molar refractivity (Wildman–Crippen MR) is 75.2 cm³/mol. The van der Waals surface area contributed by atoms with Crippen molar-refractivity contribution in [1.29, 1.82) is 0 Å². The average Bonchev–Trinajstić information content (AvgIpc) is 2.78. The molecule has 1 aromatic carbocycles. The third kappa shape index (κ3) is 3.24. The highest BCUT2D eigenvalue weighted by Gasteiger charge is 2.26. The van der Waals surface area contributed by atoms with Crippen molar-refractivity contribution in [2.75, 3.05) is 25.4 Å². The fourth-order valence-corrected chi connectivity index (χ4v) is 2.64. The Balaban J connectivity index is 1.88. The zero-order valence-corrected chi connectivity index (χ0v) is 11.3. The van der Waals surface area contributed by atoms with E-state index in [1.54, 1.807) is 0 Å². The van der Waals surface area contributed by atoms with Crippen LogP contribution in [0.25, 0.3) is 0 Å². The molecular weight excluding hydrogens is 224 g/mol. The molecule has 2 rings (SSSR count). The van der Waals surface area contributed by atoms with E-state index in [0.717, 1.165) is 42.7 Å². The summed E-state index contributed by atoms with van der Waals surface area (Å²) in [7, 11) is 0. The fraction of sp³-hybridized carbons (Fsp3) is 0.600. The second-order valence-corrected chi connectivity index (χ2v) is 5.73. The Kier molecular flexibility index (Phi) is 4.25. The largest absolute Gasteiger partial charge is 0.399 e. The van der Waals surface area contributed by atoms with Gasteiger partial charge in [-0.1, -0.05) is 26.0 Å². The van der Waals surface area contributed by atoms with E-state index >= 15 is 0 Å². The van der Waals surface area contributed by atoms with Crippen LogP contribution in [0, 0.1) is 11.8 Å². The Morgan fingerprint density at radius 2 is 2.00 bits per heavy atom. The smallest absolute Gasteiger partial charge is 0.0916 e. The second-order valence-electron chi connectivity index (χ2n) is 5.73. The summed E-state index contributed by atoms with van der Waals surface area (Å²) in [4.78, 5) is 2.37. The monoisotopic (exact) mass is 248 g/mol. The van der Waals surface area contributed by atoms with Gasteiger partial charge in [0.2, 0.25) is 0 Å². The quantitative estimate of drug-likeness (QED) is 0.804. The van der Waals surface area contributed by atoms with E-state index in [2.05, 4.69) is 18.7 Å². The summed E-state index contributed by atoms with van der Waals surface area (Å²) < 4.78 is 0. The minimum atomic E-state index is -0.406. The Labute approximate surface area is 110 Å². The summed E-state index contributed by atoms with van der Waals surface area (Å²) in [5.74, 6) is 1.52. The Bertz CT molecular complexity index is 375. The molecule has 1 saturated heterocycles. The summed E-state index contributed by atoms with van der Waals surface area (Å²) in [5, 5.41) is 10.2. The van der Waals surface area contributed by atoms with Crippen LogP contribution in [0.4, 0.5) is 5.69 Å². The van der Waals surface area contributed by atoms with Crippen LogP contribution in [0.5, 0.6) is 0 Å². The maximum absolute atomic E-state index is 10.2. The summed E-state index contributed by atoms with van der Waals surface area (Å²) in [5.41, 5.74) is 7.35. The van der Waals surface area contributed by atoms with Gasteiger partial charge < -0.3 is 15.7 Å². The van der Waals surface area contributed by atoms with Gasteiger partial charge in [0.25, 0.3) is 0 Å². The topological polar surface area (TPSA) is 49.5 Å². The summed E-state index contributed by atoms with van der Waals surface area (Å²) >= 11 is 0. The molecule has 1 aliphatic heterocycles. The number of anilines is 1. The lowest BCUT2D eigenvalue weighted by Gasteiger charge is -2.21. The minimum absolute atomic E-state index is 0.406. The highest BCUT2D eigenvalue weighted by atomic mass is 16.3. The van der Waals surface area contributed by atoms with Gasteiger partial charge in [-0.05, 0) is 42.5 Å². The van der Waals surface area contributed by atoms with Crippen LogP contribution in [-0.4, -0.2) is 29.6 Å². The van der Waals surface area contributed by atoms with Gasteiger partial charge in [-0.3, -0.25) is 0 Å². The number of β-amino-alcohol motifs (C(OH)–C–C–N with tert-alkyl or cyclic N) is 1. The van der Waals surface area contributed by atoms with Crippen molar-refractivity contribution in [1.82, 2.24) is 4.90 Å². The van der Waals surface area contributed by atoms with Gasteiger partial charge in [0.1, 0.15) is 0 Å². The molecule has 0 aliphatic carbocycles. The summed E-state index contributed by atoms with van der Waals surface area (Å²) in [6, 6.07) is 7.52. The molecule has 3 nitrogen and oxygen atoms in total. The maximum atomic E-state index is 10.2. The number of nitrogens with zero attached hydrogens (tertiary/aromatic N) is 1. The molecule has 2 atom stereocenters. The average molecular weight is 248 g/mol. The Hall–Kier alpha value is -1.06. The third-order valence-corrected chi connectivity index (χ3v) is 4.00. The minimum Gasteiger partial charge on any atom is -0.399 e. The number of rotatable bonds is 4. The van der Waals surface area contributed by atoms with Crippen molar-refractivity contribution in [2.24, 2.45) is 11.8 Å². The van der Waals surface area contributed by atoms with Crippen LogP contribution in [0.3, 0.4) is 0 Å². The predicted octanol–water partition coefficient (Wildman–Crippen LogP) is 2.28. The molecule has 2 unspecified atom stereocenters. The van der Waals surface area contributed by atoms with Gasteiger partial charge in [0.15, 0.2) is 0 Å². The number of hydrogen-bond donors (Lipinski definition) is 2. The van der Waals surface area contributed by atoms with E-state index in [9.17, 15) is 5.11 Å². The molecule has 0 saturated carbocycles. The van der Waals surface area contributed by atoms with Gasteiger partial charge in [-0.15, -0.1) is 0 Å². The second kappa shape index (κ2) is 5.72. The Morgan fingerprint density at radius 1 is 1.33 bits per heavy atom. The molecule has 1 heterocycles. The lowest BCUT2D eigenvalue weighted by molar-refractivity contribution is 0.123. The first-order valence-corrected chi connectivity index (χ1v) is 6.82. The number of hydrogen-bond acceptors (Lipinski definition) is 3. The molecule has 1 aliphatic rings. The molecule has 0 amide bonds. The third-order valence-electron chi connectivity index (χ3n) is 4.00. The first-order chi connectivity index (χ1) is 8.56. The number of likely N-dealkylation sites (tertiary alicyclic amines) is 1. The molecular formula is C15H24N2O. The van der Waals surface area contributed by atoms with Gasteiger partial charge >= 0.3 is 0 Å². The highest BCUT2D eigenvalue weighted by molar-refractivity contribution is 5.39. The first-order valence-electron chi connectivity index (χ1n) is 6.82. The number of nitrogen functional groups attached to an aromatic ring is 1. The van der Waals surface area contributed by atoms with Crippen LogP contribution in [-0.2, 0) is 0 Å². The van der Waals surface area contributed by atoms with Gasteiger partial charge in [-0.2, -0.15) is 0 Å². The zero-order valence-electron chi connectivity index (χ0n) is 11.3. The molecule has 3 N–H and O–H groups in total. The van der Waals surface area contributed by atoms with Crippen molar-refractivity contribution >= 4 is 5.69 Å². The maximum Gasteiger partial charge on any atom is 0.0916 e. The molecule has 0 radical (unpaired) electrons. The SMILES string of the molecule is CC(C)C1CCN(CC(O)c2ccc(N)cc2)C1. The number of aliphatic hydroxyl groups is 1. The van der Waals surface area contributed by atoms with E-state index in [4.69, 9.17) is 5.73 Å². The highest BCUT2D eigenvalue weighted by Crippen LogP contribution is 2.25. The van der Waals surface area contributed by atoms with Gasteiger partial charge in [-0.25, -0.2) is 0 Å². The normalized spacial score (nSPS) is 22.6. The van der Waals surface area contributed by atoms with E-state index in [0.29, 0.717) is 0 Å². The Morgan fingerprint density at radius 3 is 2.56 bits per heavy atom. The van der Waals surface area contributed by atoms with Crippen LogP contribution >= 0.6 is 0 Å². The van der Waals surface area contributed by atoms with Crippen molar-refractivity contribution in [2.45, 2.75) is 26.4 Å². The molecule has 0 aromatic heterocycles. The number of nitrogens with two attached hydrogens (primary N) is 1. The molecule has 3 heteroatoms. The van der Waals surface area contributed by atoms with Crippen LogP contribution in [0.15, 0.2) is 24.3 Å².